The van der Waals surface area contributed by atoms with Crippen molar-refractivity contribution in [3.63, 3.8) is 0 Å². The van der Waals surface area contributed by atoms with Crippen LogP contribution >= 0.6 is 0 Å². The average Bonchev–Trinajstić information content (AvgIpc) is 3.40. The smallest absolute Gasteiger partial charge is 0.226 e. The standard InChI is InChI=1S/C22H29N5O3/c1-15-6-3-7-17(12-15)22-23-20(16(2)30-22)14-29-19-9-4-8-18(13-19)28-11-5-10-21-24-26-27-25-21/h3,6-7,12,18-19H,4-5,8-11,13-14H2,1-2H3,(H,24,25,26,27). The molecule has 0 radical (unpaired) electrons. The Balaban J connectivity index is 1.23. The van der Waals surface area contributed by atoms with Crippen LogP contribution in [0.4, 0.5) is 0 Å². The molecule has 2 atom stereocenters. The third-order valence-corrected chi connectivity index (χ3v) is 5.48. The fraction of sp³-hybridized carbons (Fsp3) is 0.545. The molecule has 1 saturated carbocycles. The highest BCUT2D eigenvalue weighted by atomic mass is 16.5. The van der Waals surface area contributed by atoms with Crippen LogP contribution in [0.1, 0.15) is 54.9 Å². The number of nitrogens with zero attached hydrogens (tertiary/aromatic N) is 4. The Bertz CT molecular complexity index is 925. The van der Waals surface area contributed by atoms with Gasteiger partial charge in [0.1, 0.15) is 11.5 Å². The van der Waals surface area contributed by atoms with Crippen LogP contribution < -0.4 is 0 Å². The molecular formula is C22H29N5O3. The van der Waals surface area contributed by atoms with Crippen LogP contribution in [0.5, 0.6) is 0 Å². The Morgan fingerprint density at radius 1 is 1.17 bits per heavy atom. The number of aryl methyl sites for hydroxylation is 3. The van der Waals surface area contributed by atoms with Crippen molar-refractivity contribution in [3.05, 3.63) is 47.1 Å². The zero-order valence-corrected chi connectivity index (χ0v) is 17.6. The van der Waals surface area contributed by atoms with E-state index in [1.54, 1.807) is 0 Å². The molecule has 2 heterocycles. The minimum Gasteiger partial charge on any atom is -0.441 e. The summed E-state index contributed by atoms with van der Waals surface area (Å²) < 4.78 is 18.1. The summed E-state index contributed by atoms with van der Waals surface area (Å²) in [5, 5.41) is 14.0. The summed E-state index contributed by atoms with van der Waals surface area (Å²) >= 11 is 0. The van der Waals surface area contributed by atoms with Gasteiger partial charge in [-0.1, -0.05) is 22.9 Å². The molecule has 2 unspecified atom stereocenters. The quantitative estimate of drug-likeness (QED) is 0.532. The number of hydrogen-bond acceptors (Lipinski definition) is 7. The minimum absolute atomic E-state index is 0.194. The van der Waals surface area contributed by atoms with E-state index in [9.17, 15) is 0 Å². The van der Waals surface area contributed by atoms with Crippen LogP contribution in [-0.2, 0) is 22.5 Å². The van der Waals surface area contributed by atoms with Gasteiger partial charge in [-0.25, -0.2) is 4.98 Å². The molecule has 30 heavy (non-hydrogen) atoms. The molecule has 3 aromatic rings. The SMILES string of the molecule is Cc1cccc(-c2nc(COC3CCCC(OCCCc4nn[nH]n4)C3)c(C)o2)c1. The summed E-state index contributed by atoms with van der Waals surface area (Å²) in [6.45, 7) is 5.18. The third-order valence-electron chi connectivity index (χ3n) is 5.48. The minimum atomic E-state index is 0.194. The summed E-state index contributed by atoms with van der Waals surface area (Å²) in [4.78, 5) is 4.67. The number of oxazole rings is 1. The molecule has 1 aromatic carbocycles. The van der Waals surface area contributed by atoms with E-state index >= 15 is 0 Å². The maximum absolute atomic E-state index is 6.18. The molecular weight excluding hydrogens is 382 g/mol. The first-order valence-corrected chi connectivity index (χ1v) is 10.7. The first-order valence-electron chi connectivity index (χ1n) is 10.7. The maximum atomic E-state index is 6.18. The van der Waals surface area contributed by atoms with E-state index in [2.05, 4.69) is 44.7 Å². The normalized spacial score (nSPS) is 19.3. The van der Waals surface area contributed by atoms with Gasteiger partial charge >= 0.3 is 0 Å². The van der Waals surface area contributed by atoms with Gasteiger partial charge in [0.2, 0.25) is 5.89 Å². The third kappa shape index (κ3) is 5.52. The number of aromatic nitrogens is 5. The summed E-state index contributed by atoms with van der Waals surface area (Å²) in [5.41, 5.74) is 3.05. The molecule has 1 aliphatic rings. The van der Waals surface area contributed by atoms with Gasteiger partial charge in [0.05, 0.1) is 18.8 Å². The Kier molecular flexibility index (Phi) is 6.86. The summed E-state index contributed by atoms with van der Waals surface area (Å²) in [5.74, 6) is 2.20. The Morgan fingerprint density at radius 2 is 2.03 bits per heavy atom. The highest BCUT2D eigenvalue weighted by molar-refractivity contribution is 5.54. The number of benzene rings is 1. The van der Waals surface area contributed by atoms with E-state index in [4.69, 9.17) is 13.9 Å². The molecule has 0 amide bonds. The second-order valence-corrected chi connectivity index (χ2v) is 7.92. The topological polar surface area (TPSA) is 99.0 Å². The Labute approximate surface area is 176 Å². The summed E-state index contributed by atoms with van der Waals surface area (Å²) in [7, 11) is 0. The van der Waals surface area contributed by atoms with Gasteiger partial charge in [0.25, 0.3) is 0 Å². The predicted molar refractivity (Wildman–Crippen MR) is 111 cm³/mol. The highest BCUT2D eigenvalue weighted by Crippen LogP contribution is 2.27. The lowest BCUT2D eigenvalue weighted by molar-refractivity contribution is -0.0514. The fourth-order valence-corrected chi connectivity index (χ4v) is 3.83. The summed E-state index contributed by atoms with van der Waals surface area (Å²) in [6, 6.07) is 8.18. The second kappa shape index (κ2) is 9.95. The van der Waals surface area contributed by atoms with Crippen molar-refractivity contribution in [1.82, 2.24) is 25.6 Å². The van der Waals surface area contributed by atoms with Gasteiger partial charge in [-0.15, -0.1) is 10.2 Å². The number of rotatable bonds is 9. The van der Waals surface area contributed by atoms with E-state index in [1.807, 2.05) is 19.1 Å². The average molecular weight is 412 g/mol. The van der Waals surface area contributed by atoms with Gasteiger partial charge in [0, 0.05) is 18.6 Å². The van der Waals surface area contributed by atoms with Crippen molar-refractivity contribution in [2.45, 2.75) is 71.2 Å². The summed E-state index contributed by atoms with van der Waals surface area (Å²) in [6.07, 6.45) is 6.29. The van der Waals surface area contributed by atoms with E-state index in [0.29, 0.717) is 19.1 Å². The van der Waals surface area contributed by atoms with Crippen LogP contribution in [0.3, 0.4) is 0 Å². The number of aromatic amines is 1. The molecule has 2 aromatic heterocycles. The Morgan fingerprint density at radius 3 is 2.83 bits per heavy atom. The molecule has 160 valence electrons. The predicted octanol–water partition coefficient (Wildman–Crippen LogP) is 3.95. The largest absolute Gasteiger partial charge is 0.441 e. The maximum Gasteiger partial charge on any atom is 0.226 e. The lowest BCUT2D eigenvalue weighted by atomic mass is 9.95. The van der Waals surface area contributed by atoms with Crippen molar-refractivity contribution in [1.29, 1.82) is 0 Å². The molecule has 8 nitrogen and oxygen atoms in total. The lowest BCUT2D eigenvalue weighted by Crippen LogP contribution is -2.28. The van der Waals surface area contributed by atoms with Crippen molar-refractivity contribution >= 4 is 0 Å². The second-order valence-electron chi connectivity index (χ2n) is 7.92. The highest BCUT2D eigenvalue weighted by Gasteiger charge is 2.24. The van der Waals surface area contributed by atoms with Crippen LogP contribution in [0.15, 0.2) is 28.7 Å². The molecule has 1 fully saturated rings. The van der Waals surface area contributed by atoms with E-state index < -0.39 is 0 Å². The van der Waals surface area contributed by atoms with Gasteiger partial charge < -0.3 is 13.9 Å². The number of hydrogen-bond donors (Lipinski definition) is 1. The van der Waals surface area contributed by atoms with Crippen LogP contribution in [0.25, 0.3) is 11.5 Å². The fourth-order valence-electron chi connectivity index (χ4n) is 3.83. The first kappa shape index (κ1) is 20.7. The number of H-pyrrole nitrogens is 1. The van der Waals surface area contributed by atoms with Gasteiger partial charge in [-0.2, -0.15) is 5.21 Å². The van der Waals surface area contributed by atoms with Gasteiger partial charge in [0.15, 0.2) is 5.82 Å². The Hall–Kier alpha value is -2.58. The van der Waals surface area contributed by atoms with Crippen molar-refractivity contribution in [2.24, 2.45) is 0 Å². The number of tetrazole rings is 1. The molecule has 4 rings (SSSR count). The van der Waals surface area contributed by atoms with Crippen LogP contribution in [0.2, 0.25) is 0 Å². The van der Waals surface area contributed by atoms with Crippen molar-refractivity contribution in [2.75, 3.05) is 6.61 Å². The molecule has 1 N–H and O–H groups in total. The van der Waals surface area contributed by atoms with E-state index in [1.165, 1.54) is 5.56 Å². The van der Waals surface area contributed by atoms with Crippen molar-refractivity contribution in [3.8, 4) is 11.5 Å². The van der Waals surface area contributed by atoms with Gasteiger partial charge in [-0.05, 0) is 58.1 Å². The molecule has 0 bridgehead atoms. The van der Waals surface area contributed by atoms with E-state index in [-0.39, 0.29) is 12.2 Å². The number of ether oxygens (including phenoxy) is 2. The molecule has 0 spiro atoms. The monoisotopic (exact) mass is 411 g/mol. The molecule has 0 aliphatic heterocycles. The number of nitrogens with one attached hydrogen (secondary N) is 1. The lowest BCUT2D eigenvalue weighted by Gasteiger charge is -2.29. The zero-order chi connectivity index (χ0) is 20.8. The molecule has 8 heteroatoms. The van der Waals surface area contributed by atoms with Crippen LogP contribution in [0, 0.1) is 13.8 Å². The van der Waals surface area contributed by atoms with Crippen molar-refractivity contribution < 1.29 is 13.9 Å². The van der Waals surface area contributed by atoms with E-state index in [0.717, 1.165) is 61.4 Å². The van der Waals surface area contributed by atoms with Gasteiger partial charge in [-0.3, -0.25) is 0 Å². The first-order chi connectivity index (χ1) is 14.7. The molecule has 1 aliphatic carbocycles. The van der Waals surface area contributed by atoms with Crippen LogP contribution in [-0.4, -0.2) is 44.4 Å². The zero-order valence-electron chi connectivity index (χ0n) is 17.6. The molecule has 0 saturated heterocycles.